The monoisotopic (exact) mass is 440 g/mol. The van der Waals surface area contributed by atoms with Crippen molar-refractivity contribution in [2.45, 2.75) is 39.4 Å². The van der Waals surface area contributed by atoms with Gasteiger partial charge in [0.2, 0.25) is 0 Å². The van der Waals surface area contributed by atoms with E-state index >= 15 is 0 Å². The maximum absolute atomic E-state index is 9.70. The molecule has 0 aromatic rings. The number of ether oxygens (including phenoxy) is 1. The highest BCUT2D eigenvalue weighted by Crippen LogP contribution is 2.11. The highest BCUT2D eigenvalue weighted by atomic mass is 127. The number of likely N-dealkylation sites (tertiary alicyclic amines) is 1. The zero-order valence-corrected chi connectivity index (χ0v) is 17.0. The van der Waals surface area contributed by atoms with Crippen LogP contribution in [-0.4, -0.2) is 85.5 Å². The van der Waals surface area contributed by atoms with Crippen LogP contribution in [0.5, 0.6) is 0 Å². The third-order valence-corrected chi connectivity index (χ3v) is 4.09. The van der Waals surface area contributed by atoms with E-state index in [9.17, 15) is 5.11 Å². The van der Waals surface area contributed by atoms with Crippen LogP contribution >= 0.6 is 24.0 Å². The molecule has 0 saturated carbocycles. The molecule has 1 unspecified atom stereocenters. The molecule has 2 N–H and O–H groups in total. The Balaban J connectivity index is 0.00000264. The Morgan fingerprint density at radius 3 is 2.74 bits per heavy atom. The second-order valence-corrected chi connectivity index (χ2v) is 6.73. The predicted molar refractivity (Wildman–Crippen MR) is 105 cm³/mol. The number of halogens is 1. The quantitative estimate of drug-likeness (QED) is 0.380. The summed E-state index contributed by atoms with van der Waals surface area (Å²) in [5, 5.41) is 13.0. The van der Waals surface area contributed by atoms with Crippen LogP contribution in [0.4, 0.5) is 0 Å². The summed E-state index contributed by atoms with van der Waals surface area (Å²) in [6, 6.07) is 0. The molecule has 0 spiro atoms. The van der Waals surface area contributed by atoms with E-state index in [0.29, 0.717) is 19.0 Å². The molecule has 7 heteroatoms. The lowest BCUT2D eigenvalue weighted by molar-refractivity contribution is -0.0262. The van der Waals surface area contributed by atoms with Crippen molar-refractivity contribution in [1.82, 2.24) is 15.1 Å². The van der Waals surface area contributed by atoms with E-state index in [1.54, 1.807) is 0 Å². The molecule has 0 aromatic heterocycles. The van der Waals surface area contributed by atoms with Gasteiger partial charge in [-0.25, -0.2) is 0 Å². The molecule has 2 rings (SSSR count). The molecule has 0 bridgehead atoms. The van der Waals surface area contributed by atoms with E-state index in [0.717, 1.165) is 51.7 Å². The number of morpholine rings is 1. The van der Waals surface area contributed by atoms with Gasteiger partial charge in [-0.05, 0) is 19.3 Å². The van der Waals surface area contributed by atoms with Crippen molar-refractivity contribution in [3.63, 3.8) is 0 Å². The Morgan fingerprint density at radius 2 is 2.13 bits per heavy atom. The lowest BCUT2D eigenvalue weighted by Gasteiger charge is -2.33. The average Bonchev–Trinajstić information content (AvgIpc) is 2.89. The molecular weight excluding hydrogens is 407 g/mol. The molecule has 0 radical (unpaired) electrons. The van der Waals surface area contributed by atoms with Gasteiger partial charge in [-0.15, -0.1) is 24.0 Å². The SMILES string of the molecule is CCNC(=NCC1CN(CC(C)C)CCO1)N1CC[C@@H](O)C1.I. The Hall–Kier alpha value is -0.120. The summed E-state index contributed by atoms with van der Waals surface area (Å²) in [6.45, 7) is 13.6. The zero-order valence-electron chi connectivity index (χ0n) is 14.7. The second kappa shape index (κ2) is 10.7. The van der Waals surface area contributed by atoms with E-state index < -0.39 is 0 Å². The van der Waals surface area contributed by atoms with Crippen LogP contribution in [0.2, 0.25) is 0 Å². The fourth-order valence-corrected chi connectivity index (χ4v) is 3.12. The van der Waals surface area contributed by atoms with E-state index in [1.807, 2.05) is 0 Å². The van der Waals surface area contributed by atoms with Crippen LogP contribution in [0.1, 0.15) is 27.2 Å². The van der Waals surface area contributed by atoms with Crippen molar-refractivity contribution in [3.8, 4) is 0 Å². The fourth-order valence-electron chi connectivity index (χ4n) is 3.12. The first kappa shape index (κ1) is 20.9. The van der Waals surface area contributed by atoms with Crippen molar-refractivity contribution in [3.05, 3.63) is 0 Å². The summed E-state index contributed by atoms with van der Waals surface area (Å²) >= 11 is 0. The number of aliphatic hydroxyl groups excluding tert-OH is 1. The summed E-state index contributed by atoms with van der Waals surface area (Å²) in [6.07, 6.45) is 0.775. The molecule has 2 heterocycles. The molecule has 2 aliphatic heterocycles. The molecule has 2 atom stereocenters. The Bertz CT molecular complexity index is 368. The molecule has 6 nitrogen and oxygen atoms in total. The summed E-state index contributed by atoms with van der Waals surface area (Å²) in [4.78, 5) is 9.35. The molecule has 0 aromatic carbocycles. The number of hydrogen-bond acceptors (Lipinski definition) is 4. The van der Waals surface area contributed by atoms with Crippen LogP contribution in [0.3, 0.4) is 0 Å². The van der Waals surface area contributed by atoms with Gasteiger partial charge in [0.05, 0.1) is 25.4 Å². The first-order valence-electron chi connectivity index (χ1n) is 8.63. The molecule has 23 heavy (non-hydrogen) atoms. The third-order valence-electron chi connectivity index (χ3n) is 4.09. The molecular formula is C16H33IN4O2. The number of aliphatic hydroxyl groups is 1. The highest BCUT2D eigenvalue weighted by Gasteiger charge is 2.24. The van der Waals surface area contributed by atoms with Gasteiger partial charge < -0.3 is 20.1 Å². The van der Waals surface area contributed by atoms with E-state index in [2.05, 4.69) is 35.9 Å². The number of β-amino-alcohol motifs (C(OH)–C–C–N with tert-alkyl or cyclic N) is 1. The minimum atomic E-state index is -0.226. The Morgan fingerprint density at radius 1 is 1.35 bits per heavy atom. The lowest BCUT2D eigenvalue weighted by atomic mass is 10.2. The standard InChI is InChI=1S/C16H32N4O2.HI/c1-4-17-16(20-6-5-14(21)11-20)18-9-15-12-19(7-8-22-15)10-13(2)3;/h13-15,21H,4-12H2,1-3H3,(H,17,18);1H/t14-,15?;/m1./s1. The first-order chi connectivity index (χ1) is 10.6. The van der Waals surface area contributed by atoms with Crippen LogP contribution in [-0.2, 0) is 4.74 Å². The normalized spacial score (nSPS) is 26.5. The van der Waals surface area contributed by atoms with Crippen molar-refractivity contribution < 1.29 is 9.84 Å². The first-order valence-corrected chi connectivity index (χ1v) is 8.63. The van der Waals surface area contributed by atoms with Crippen molar-refractivity contribution in [2.24, 2.45) is 10.9 Å². The maximum Gasteiger partial charge on any atom is 0.194 e. The maximum atomic E-state index is 9.70. The molecule has 0 aliphatic carbocycles. The number of aliphatic imine (C=N–C) groups is 1. The smallest absolute Gasteiger partial charge is 0.194 e. The van der Waals surface area contributed by atoms with Gasteiger partial charge in [0.1, 0.15) is 0 Å². The van der Waals surface area contributed by atoms with Gasteiger partial charge in [0.15, 0.2) is 5.96 Å². The Labute approximate surface area is 157 Å². The fraction of sp³-hybridized carbons (Fsp3) is 0.938. The van der Waals surface area contributed by atoms with Crippen LogP contribution in [0.15, 0.2) is 4.99 Å². The minimum absolute atomic E-state index is 0. The number of nitrogens with zero attached hydrogens (tertiary/aromatic N) is 3. The van der Waals surface area contributed by atoms with E-state index in [1.165, 1.54) is 0 Å². The zero-order chi connectivity index (χ0) is 15.9. The molecule has 2 aliphatic rings. The summed E-state index contributed by atoms with van der Waals surface area (Å²) in [7, 11) is 0. The molecule has 2 fully saturated rings. The molecule has 0 amide bonds. The third kappa shape index (κ3) is 7.11. The van der Waals surface area contributed by atoms with Gasteiger partial charge in [0.25, 0.3) is 0 Å². The summed E-state index contributed by atoms with van der Waals surface area (Å²) in [5.74, 6) is 1.59. The van der Waals surface area contributed by atoms with Gasteiger partial charge >= 0.3 is 0 Å². The second-order valence-electron chi connectivity index (χ2n) is 6.73. The Kier molecular flexibility index (Phi) is 9.72. The van der Waals surface area contributed by atoms with Gasteiger partial charge in [-0.2, -0.15) is 0 Å². The highest BCUT2D eigenvalue weighted by molar-refractivity contribution is 14.0. The molecule has 136 valence electrons. The predicted octanol–water partition coefficient (Wildman–Crippen LogP) is 0.993. The average molecular weight is 440 g/mol. The largest absolute Gasteiger partial charge is 0.391 e. The molecule has 2 saturated heterocycles. The minimum Gasteiger partial charge on any atom is -0.391 e. The topological polar surface area (TPSA) is 60.3 Å². The summed E-state index contributed by atoms with van der Waals surface area (Å²) in [5.41, 5.74) is 0. The number of rotatable bonds is 5. The van der Waals surface area contributed by atoms with Crippen molar-refractivity contribution >= 4 is 29.9 Å². The van der Waals surface area contributed by atoms with E-state index in [-0.39, 0.29) is 36.2 Å². The van der Waals surface area contributed by atoms with Crippen LogP contribution < -0.4 is 5.32 Å². The summed E-state index contributed by atoms with van der Waals surface area (Å²) < 4.78 is 5.86. The number of nitrogens with one attached hydrogen (secondary N) is 1. The van der Waals surface area contributed by atoms with Gasteiger partial charge in [-0.1, -0.05) is 13.8 Å². The lowest BCUT2D eigenvalue weighted by Crippen LogP contribution is -2.46. The van der Waals surface area contributed by atoms with Crippen molar-refractivity contribution in [2.75, 3.05) is 52.4 Å². The van der Waals surface area contributed by atoms with E-state index in [4.69, 9.17) is 9.73 Å². The van der Waals surface area contributed by atoms with Crippen LogP contribution in [0.25, 0.3) is 0 Å². The van der Waals surface area contributed by atoms with Crippen LogP contribution in [0, 0.1) is 5.92 Å². The van der Waals surface area contributed by atoms with Gasteiger partial charge in [0, 0.05) is 39.3 Å². The number of hydrogen-bond donors (Lipinski definition) is 2. The van der Waals surface area contributed by atoms with Gasteiger partial charge in [-0.3, -0.25) is 9.89 Å². The van der Waals surface area contributed by atoms with Crippen molar-refractivity contribution in [1.29, 1.82) is 0 Å². The number of guanidine groups is 1.